The first-order valence-electron chi connectivity index (χ1n) is 7.86. The molecule has 0 unspecified atom stereocenters. The minimum Gasteiger partial charge on any atom is -0.352 e. The van der Waals surface area contributed by atoms with Gasteiger partial charge in [-0.1, -0.05) is 29.8 Å². The van der Waals surface area contributed by atoms with Crippen LogP contribution in [0.3, 0.4) is 0 Å². The summed E-state index contributed by atoms with van der Waals surface area (Å²) in [4.78, 5) is 12.2. The summed E-state index contributed by atoms with van der Waals surface area (Å²) in [6, 6.07) is 12.6. The molecule has 2 rings (SSSR count). The average Bonchev–Trinajstić information content (AvgIpc) is 2.54. The molecule has 0 aliphatic heterocycles. The number of rotatable bonds is 7. The van der Waals surface area contributed by atoms with E-state index in [9.17, 15) is 13.2 Å². The summed E-state index contributed by atoms with van der Waals surface area (Å²) in [6.45, 7) is 2.31. The van der Waals surface area contributed by atoms with Gasteiger partial charge in [-0.25, -0.2) is 8.42 Å². The number of anilines is 1. The quantitative estimate of drug-likeness (QED) is 0.723. The molecule has 0 aromatic heterocycles. The van der Waals surface area contributed by atoms with E-state index in [0.717, 1.165) is 30.2 Å². The number of halogens is 1. The van der Waals surface area contributed by atoms with Crippen LogP contribution in [0.25, 0.3) is 0 Å². The molecule has 0 aliphatic rings. The molecule has 2 aromatic rings. The van der Waals surface area contributed by atoms with E-state index in [1.165, 1.54) is 0 Å². The van der Waals surface area contributed by atoms with Crippen LogP contribution in [0.15, 0.2) is 42.5 Å². The van der Waals surface area contributed by atoms with Gasteiger partial charge in [0, 0.05) is 17.1 Å². The predicted octanol–water partition coefficient (Wildman–Crippen LogP) is 3.38. The Morgan fingerprint density at radius 1 is 1.12 bits per heavy atom. The largest absolute Gasteiger partial charge is 0.352 e. The van der Waals surface area contributed by atoms with Gasteiger partial charge in [-0.05, 0) is 55.2 Å². The van der Waals surface area contributed by atoms with Crippen molar-refractivity contribution in [1.29, 1.82) is 0 Å². The van der Waals surface area contributed by atoms with Crippen LogP contribution in [0.4, 0.5) is 5.69 Å². The fourth-order valence-electron chi connectivity index (χ4n) is 2.32. The number of benzene rings is 2. The number of carbonyl (C=O) groups is 1. The molecule has 1 amide bonds. The second-order valence-corrected chi connectivity index (χ2v) is 8.07. The molecule has 7 heteroatoms. The van der Waals surface area contributed by atoms with Crippen LogP contribution >= 0.6 is 11.6 Å². The third-order valence-electron chi connectivity index (χ3n) is 3.64. The van der Waals surface area contributed by atoms with E-state index in [2.05, 4.69) is 10.0 Å². The molecule has 0 saturated carbocycles. The third-order valence-corrected chi connectivity index (χ3v) is 4.48. The number of amides is 1. The Kier molecular flexibility index (Phi) is 6.45. The number of sulfonamides is 1. The van der Waals surface area contributed by atoms with Gasteiger partial charge in [0.2, 0.25) is 10.0 Å². The van der Waals surface area contributed by atoms with E-state index in [1.807, 2.05) is 24.3 Å². The normalized spacial score (nSPS) is 11.2. The van der Waals surface area contributed by atoms with Gasteiger partial charge in [-0.15, -0.1) is 0 Å². The highest BCUT2D eigenvalue weighted by Crippen LogP contribution is 2.18. The third kappa shape index (κ3) is 6.40. The van der Waals surface area contributed by atoms with E-state index in [0.29, 0.717) is 22.8 Å². The Bertz CT molecular complexity index is 849. The highest BCUT2D eigenvalue weighted by Gasteiger charge is 2.10. The summed E-state index contributed by atoms with van der Waals surface area (Å²) in [7, 11) is -3.39. The Morgan fingerprint density at radius 3 is 2.44 bits per heavy atom. The Hall–Kier alpha value is -2.05. The van der Waals surface area contributed by atoms with Crippen molar-refractivity contribution in [3.05, 3.63) is 64.2 Å². The standard InChI is InChI=1S/C18H21ClN2O3S/c1-13-5-8-15(12-17(13)21-25(2,23)24)18(22)20-11-3-4-14-6-9-16(19)10-7-14/h5-10,12,21H,3-4,11H2,1-2H3,(H,20,22). The zero-order chi connectivity index (χ0) is 18.4. The van der Waals surface area contributed by atoms with Crippen LogP contribution in [0.2, 0.25) is 5.02 Å². The molecule has 0 heterocycles. The Labute approximate surface area is 153 Å². The SMILES string of the molecule is Cc1ccc(C(=O)NCCCc2ccc(Cl)cc2)cc1NS(C)(=O)=O. The van der Waals surface area contributed by atoms with Crippen LogP contribution in [-0.2, 0) is 16.4 Å². The van der Waals surface area contributed by atoms with Crippen LogP contribution in [0.5, 0.6) is 0 Å². The Balaban J connectivity index is 1.90. The number of hydrogen-bond donors (Lipinski definition) is 2. The molecule has 0 radical (unpaired) electrons. The lowest BCUT2D eigenvalue weighted by atomic mass is 10.1. The van der Waals surface area contributed by atoms with Gasteiger partial charge >= 0.3 is 0 Å². The molecular formula is C18H21ClN2O3S. The lowest BCUT2D eigenvalue weighted by Crippen LogP contribution is -2.25. The van der Waals surface area contributed by atoms with Gasteiger partial charge in [-0.2, -0.15) is 0 Å². The van der Waals surface area contributed by atoms with Gasteiger partial charge in [0.1, 0.15) is 0 Å². The highest BCUT2D eigenvalue weighted by atomic mass is 35.5. The number of hydrogen-bond acceptors (Lipinski definition) is 3. The van der Waals surface area contributed by atoms with Crippen molar-refractivity contribution in [3.8, 4) is 0 Å². The van der Waals surface area contributed by atoms with Gasteiger partial charge < -0.3 is 5.32 Å². The minimum absolute atomic E-state index is 0.229. The first-order valence-corrected chi connectivity index (χ1v) is 10.1. The van der Waals surface area contributed by atoms with Gasteiger partial charge in [0.05, 0.1) is 11.9 Å². The summed E-state index contributed by atoms with van der Waals surface area (Å²) in [5.41, 5.74) is 2.75. The first-order chi connectivity index (χ1) is 11.7. The molecular weight excluding hydrogens is 360 g/mol. The van der Waals surface area contributed by atoms with Crippen molar-refractivity contribution in [2.75, 3.05) is 17.5 Å². The van der Waals surface area contributed by atoms with Gasteiger partial charge in [0.25, 0.3) is 5.91 Å². The monoisotopic (exact) mass is 380 g/mol. The second-order valence-electron chi connectivity index (χ2n) is 5.89. The first kappa shape index (κ1) is 19.3. The maximum Gasteiger partial charge on any atom is 0.251 e. The number of carbonyl (C=O) groups excluding carboxylic acids is 1. The molecule has 0 fully saturated rings. The zero-order valence-electron chi connectivity index (χ0n) is 14.2. The molecule has 0 saturated heterocycles. The molecule has 134 valence electrons. The molecule has 5 nitrogen and oxygen atoms in total. The lowest BCUT2D eigenvalue weighted by Gasteiger charge is -2.10. The van der Waals surface area contributed by atoms with Crippen LogP contribution < -0.4 is 10.0 Å². The number of aryl methyl sites for hydroxylation is 2. The van der Waals surface area contributed by atoms with Crippen molar-refractivity contribution < 1.29 is 13.2 Å². The van der Waals surface area contributed by atoms with E-state index in [1.54, 1.807) is 25.1 Å². The molecule has 0 spiro atoms. The topological polar surface area (TPSA) is 75.3 Å². The minimum atomic E-state index is -3.39. The molecule has 0 aliphatic carbocycles. The maximum absolute atomic E-state index is 12.2. The molecule has 25 heavy (non-hydrogen) atoms. The zero-order valence-corrected chi connectivity index (χ0v) is 15.7. The average molecular weight is 381 g/mol. The molecule has 0 atom stereocenters. The maximum atomic E-state index is 12.2. The highest BCUT2D eigenvalue weighted by molar-refractivity contribution is 7.92. The van der Waals surface area contributed by atoms with Crippen LogP contribution in [0, 0.1) is 6.92 Å². The predicted molar refractivity (Wildman–Crippen MR) is 102 cm³/mol. The lowest BCUT2D eigenvalue weighted by molar-refractivity contribution is 0.0953. The summed E-state index contributed by atoms with van der Waals surface area (Å²) in [6.07, 6.45) is 2.72. The van der Waals surface area contributed by atoms with Crippen molar-refractivity contribution in [3.63, 3.8) is 0 Å². The Morgan fingerprint density at radius 2 is 1.80 bits per heavy atom. The van der Waals surface area contributed by atoms with Crippen molar-refractivity contribution in [2.45, 2.75) is 19.8 Å². The van der Waals surface area contributed by atoms with Crippen molar-refractivity contribution in [1.82, 2.24) is 5.32 Å². The smallest absolute Gasteiger partial charge is 0.251 e. The van der Waals surface area contributed by atoms with Gasteiger partial charge in [-0.3, -0.25) is 9.52 Å². The van der Waals surface area contributed by atoms with E-state index >= 15 is 0 Å². The van der Waals surface area contributed by atoms with E-state index in [4.69, 9.17) is 11.6 Å². The van der Waals surface area contributed by atoms with Crippen molar-refractivity contribution in [2.24, 2.45) is 0 Å². The van der Waals surface area contributed by atoms with Crippen LogP contribution in [-0.4, -0.2) is 27.1 Å². The summed E-state index contributed by atoms with van der Waals surface area (Å²) in [5, 5.41) is 3.55. The summed E-state index contributed by atoms with van der Waals surface area (Å²) >= 11 is 5.85. The fourth-order valence-corrected chi connectivity index (χ4v) is 3.07. The molecule has 2 aromatic carbocycles. The summed E-state index contributed by atoms with van der Waals surface area (Å²) in [5.74, 6) is -0.229. The number of nitrogens with one attached hydrogen (secondary N) is 2. The van der Waals surface area contributed by atoms with Gasteiger partial charge in [0.15, 0.2) is 0 Å². The molecule has 0 bridgehead atoms. The van der Waals surface area contributed by atoms with Crippen LogP contribution in [0.1, 0.15) is 27.9 Å². The van der Waals surface area contributed by atoms with E-state index < -0.39 is 10.0 Å². The summed E-state index contributed by atoms with van der Waals surface area (Å²) < 4.78 is 25.2. The van der Waals surface area contributed by atoms with Crippen molar-refractivity contribution >= 4 is 33.2 Å². The second kappa shape index (κ2) is 8.36. The van der Waals surface area contributed by atoms with E-state index in [-0.39, 0.29) is 5.91 Å². The molecule has 2 N–H and O–H groups in total. The fraction of sp³-hybridized carbons (Fsp3) is 0.278.